The van der Waals surface area contributed by atoms with Crippen molar-refractivity contribution in [1.29, 1.82) is 0 Å². The standard InChI is InChI=1S/C15H15N3OS/c19-14-12-10-3-1-2-4-11(10)20-15(12)18-13(17-14)9-5-7-16-8-6-9/h5-8,13,18H,1-4H2,(H,17,19)/t13-/m0/s1. The minimum absolute atomic E-state index is 0.0555. The Balaban J connectivity index is 1.73. The summed E-state index contributed by atoms with van der Waals surface area (Å²) in [5.41, 5.74) is 3.19. The fourth-order valence-electron chi connectivity index (χ4n) is 3.00. The van der Waals surface area contributed by atoms with E-state index in [4.69, 9.17) is 0 Å². The van der Waals surface area contributed by atoms with Crippen LogP contribution in [0.1, 0.15) is 45.4 Å². The first-order valence-corrected chi connectivity index (χ1v) is 7.76. The summed E-state index contributed by atoms with van der Waals surface area (Å²) in [4.78, 5) is 17.8. The molecule has 20 heavy (non-hydrogen) atoms. The molecule has 2 aliphatic rings. The molecule has 4 nitrogen and oxygen atoms in total. The molecule has 0 bridgehead atoms. The molecule has 1 aliphatic carbocycles. The van der Waals surface area contributed by atoms with Crippen LogP contribution in [0.15, 0.2) is 24.5 Å². The van der Waals surface area contributed by atoms with Gasteiger partial charge >= 0.3 is 0 Å². The lowest BCUT2D eigenvalue weighted by atomic mass is 9.94. The molecule has 1 atom stereocenters. The molecule has 5 heteroatoms. The van der Waals surface area contributed by atoms with Gasteiger partial charge in [0.2, 0.25) is 0 Å². The molecule has 0 unspecified atom stereocenters. The van der Waals surface area contributed by atoms with E-state index in [-0.39, 0.29) is 12.1 Å². The van der Waals surface area contributed by atoms with Crippen LogP contribution < -0.4 is 10.6 Å². The second-order valence-corrected chi connectivity index (χ2v) is 6.35. The predicted octanol–water partition coefficient (Wildman–Crippen LogP) is 2.88. The van der Waals surface area contributed by atoms with Gasteiger partial charge in [0.15, 0.2) is 0 Å². The number of rotatable bonds is 1. The van der Waals surface area contributed by atoms with Gasteiger partial charge in [-0.2, -0.15) is 0 Å². The molecule has 0 aromatic carbocycles. The van der Waals surface area contributed by atoms with Crippen molar-refractivity contribution in [1.82, 2.24) is 10.3 Å². The predicted molar refractivity (Wildman–Crippen MR) is 79.0 cm³/mol. The summed E-state index contributed by atoms with van der Waals surface area (Å²) in [5.74, 6) is 0.0555. The highest BCUT2D eigenvalue weighted by atomic mass is 32.1. The van der Waals surface area contributed by atoms with Crippen LogP contribution in [-0.4, -0.2) is 10.9 Å². The first-order valence-electron chi connectivity index (χ1n) is 6.95. The minimum Gasteiger partial charge on any atom is -0.353 e. The molecule has 0 spiro atoms. The molecule has 2 N–H and O–H groups in total. The number of aryl methyl sites for hydroxylation is 1. The van der Waals surface area contributed by atoms with Crippen LogP contribution in [0, 0.1) is 0 Å². The maximum absolute atomic E-state index is 12.4. The first-order chi connectivity index (χ1) is 9.83. The van der Waals surface area contributed by atoms with Crippen molar-refractivity contribution in [3.05, 3.63) is 46.1 Å². The normalized spacial score (nSPS) is 20.6. The summed E-state index contributed by atoms with van der Waals surface area (Å²) in [6.07, 6.45) is 7.92. The molecule has 0 saturated carbocycles. The van der Waals surface area contributed by atoms with Gasteiger partial charge in [0.25, 0.3) is 5.91 Å². The molecule has 3 heterocycles. The van der Waals surface area contributed by atoms with Gasteiger partial charge in [0.1, 0.15) is 11.2 Å². The third-order valence-electron chi connectivity index (χ3n) is 3.99. The number of anilines is 1. The third kappa shape index (κ3) is 1.81. The number of hydrogen-bond acceptors (Lipinski definition) is 4. The Morgan fingerprint density at radius 1 is 1.15 bits per heavy atom. The largest absolute Gasteiger partial charge is 0.353 e. The average Bonchev–Trinajstić information content (AvgIpc) is 2.87. The minimum atomic E-state index is -0.155. The fraction of sp³-hybridized carbons (Fsp3) is 0.333. The van der Waals surface area contributed by atoms with Gasteiger partial charge in [-0.15, -0.1) is 11.3 Å². The average molecular weight is 285 g/mol. The van der Waals surface area contributed by atoms with Crippen molar-refractivity contribution in [2.45, 2.75) is 31.8 Å². The Kier molecular flexibility index (Phi) is 2.73. The molecular formula is C15H15N3OS. The topological polar surface area (TPSA) is 54.0 Å². The second kappa shape index (κ2) is 4.59. The Morgan fingerprint density at radius 3 is 2.80 bits per heavy atom. The molecule has 4 rings (SSSR count). The smallest absolute Gasteiger partial charge is 0.256 e. The highest BCUT2D eigenvalue weighted by Crippen LogP contribution is 2.41. The molecule has 0 fully saturated rings. The molecule has 0 radical (unpaired) electrons. The second-order valence-electron chi connectivity index (χ2n) is 5.25. The molecule has 1 aliphatic heterocycles. The van der Waals surface area contributed by atoms with Crippen LogP contribution in [0.3, 0.4) is 0 Å². The molecule has 2 aromatic heterocycles. The van der Waals surface area contributed by atoms with E-state index in [1.165, 1.54) is 23.3 Å². The van der Waals surface area contributed by atoms with Gasteiger partial charge < -0.3 is 10.6 Å². The Morgan fingerprint density at radius 2 is 1.95 bits per heavy atom. The van der Waals surface area contributed by atoms with Crippen LogP contribution in [0.25, 0.3) is 0 Å². The Labute approximate surface area is 121 Å². The number of hydrogen-bond donors (Lipinski definition) is 2. The van der Waals surface area contributed by atoms with Crippen LogP contribution >= 0.6 is 11.3 Å². The lowest BCUT2D eigenvalue weighted by Crippen LogP contribution is -2.38. The highest BCUT2D eigenvalue weighted by Gasteiger charge is 2.31. The van der Waals surface area contributed by atoms with Crippen molar-refractivity contribution >= 4 is 22.2 Å². The zero-order valence-electron chi connectivity index (χ0n) is 11.0. The van der Waals surface area contributed by atoms with E-state index >= 15 is 0 Å². The lowest BCUT2D eigenvalue weighted by Gasteiger charge is -2.26. The SMILES string of the molecule is O=C1N[C@H](c2ccncc2)Nc2sc3c(c21)CCCC3. The number of thiophene rings is 1. The van der Waals surface area contributed by atoms with Crippen molar-refractivity contribution < 1.29 is 4.79 Å². The summed E-state index contributed by atoms with van der Waals surface area (Å²) in [7, 11) is 0. The summed E-state index contributed by atoms with van der Waals surface area (Å²) < 4.78 is 0. The summed E-state index contributed by atoms with van der Waals surface area (Å²) >= 11 is 1.75. The van der Waals surface area contributed by atoms with E-state index in [0.29, 0.717) is 0 Å². The highest BCUT2D eigenvalue weighted by molar-refractivity contribution is 7.16. The van der Waals surface area contributed by atoms with Crippen molar-refractivity contribution in [3.63, 3.8) is 0 Å². The number of nitrogens with zero attached hydrogens (tertiary/aromatic N) is 1. The van der Waals surface area contributed by atoms with Gasteiger partial charge in [-0.1, -0.05) is 0 Å². The molecule has 102 valence electrons. The van der Waals surface area contributed by atoms with E-state index in [1.54, 1.807) is 23.7 Å². The maximum atomic E-state index is 12.4. The number of carbonyl (C=O) groups is 1. The van der Waals surface area contributed by atoms with E-state index in [0.717, 1.165) is 29.0 Å². The van der Waals surface area contributed by atoms with Crippen LogP contribution in [-0.2, 0) is 12.8 Å². The zero-order valence-corrected chi connectivity index (χ0v) is 11.8. The summed E-state index contributed by atoms with van der Waals surface area (Å²) in [5, 5.41) is 7.54. The van der Waals surface area contributed by atoms with Crippen molar-refractivity contribution in [3.8, 4) is 0 Å². The molecule has 2 aromatic rings. The van der Waals surface area contributed by atoms with E-state index in [9.17, 15) is 4.79 Å². The number of amides is 1. The van der Waals surface area contributed by atoms with E-state index in [2.05, 4.69) is 15.6 Å². The van der Waals surface area contributed by atoms with E-state index < -0.39 is 0 Å². The van der Waals surface area contributed by atoms with Crippen molar-refractivity contribution in [2.24, 2.45) is 0 Å². The monoisotopic (exact) mass is 285 g/mol. The van der Waals surface area contributed by atoms with Gasteiger partial charge in [0.05, 0.1) is 5.56 Å². The zero-order chi connectivity index (χ0) is 13.5. The molecular weight excluding hydrogens is 270 g/mol. The number of aromatic nitrogens is 1. The van der Waals surface area contributed by atoms with Crippen LogP contribution in [0.4, 0.5) is 5.00 Å². The van der Waals surface area contributed by atoms with Gasteiger partial charge in [-0.3, -0.25) is 9.78 Å². The first kappa shape index (κ1) is 11.9. The summed E-state index contributed by atoms with van der Waals surface area (Å²) in [6, 6.07) is 3.85. The number of carbonyl (C=O) groups excluding carboxylic acids is 1. The third-order valence-corrected chi connectivity index (χ3v) is 5.21. The van der Waals surface area contributed by atoms with Gasteiger partial charge in [0, 0.05) is 17.3 Å². The lowest BCUT2D eigenvalue weighted by molar-refractivity contribution is 0.0935. The number of nitrogens with one attached hydrogen (secondary N) is 2. The summed E-state index contributed by atoms with van der Waals surface area (Å²) in [6.45, 7) is 0. The van der Waals surface area contributed by atoms with Crippen molar-refractivity contribution in [2.75, 3.05) is 5.32 Å². The maximum Gasteiger partial charge on any atom is 0.256 e. The van der Waals surface area contributed by atoms with Crippen LogP contribution in [0.5, 0.6) is 0 Å². The number of fused-ring (bicyclic) bond motifs is 3. The Bertz CT molecular complexity index is 665. The quantitative estimate of drug-likeness (QED) is 0.847. The molecule has 1 amide bonds. The number of pyridine rings is 1. The van der Waals surface area contributed by atoms with Gasteiger partial charge in [-0.05, 0) is 48.9 Å². The molecule has 0 saturated heterocycles. The fourth-order valence-corrected chi connectivity index (χ4v) is 4.32. The van der Waals surface area contributed by atoms with Gasteiger partial charge in [-0.25, -0.2) is 0 Å². The Hall–Kier alpha value is -1.88. The van der Waals surface area contributed by atoms with Crippen LogP contribution in [0.2, 0.25) is 0 Å². The van der Waals surface area contributed by atoms with E-state index in [1.807, 2.05) is 12.1 Å².